The molecule has 0 heterocycles. The number of nitrogen functional groups attached to an aromatic ring is 1. The molecule has 5 nitrogen and oxygen atoms in total. The summed E-state index contributed by atoms with van der Waals surface area (Å²) in [6.07, 6.45) is 1.32. The number of rotatable bonds is 8. The molecule has 1 atom stereocenters. The van der Waals surface area contributed by atoms with Crippen molar-refractivity contribution < 1.29 is 9.53 Å². The third kappa shape index (κ3) is 6.14. The Morgan fingerprint density at radius 1 is 1.48 bits per heavy atom. The van der Waals surface area contributed by atoms with Gasteiger partial charge in [-0.05, 0) is 51.6 Å². The number of nitrogens with zero attached hydrogens (tertiary/aromatic N) is 1. The molecule has 0 aliphatic rings. The van der Waals surface area contributed by atoms with Crippen LogP contribution in [0, 0.1) is 6.92 Å². The molecule has 118 valence electrons. The number of aryl methyl sites for hydroxylation is 1. The minimum Gasteiger partial charge on any atom is -0.399 e. The molecule has 0 saturated carbocycles. The van der Waals surface area contributed by atoms with Crippen LogP contribution in [0.15, 0.2) is 18.2 Å². The van der Waals surface area contributed by atoms with Crippen molar-refractivity contribution in [1.29, 1.82) is 0 Å². The number of benzene rings is 1. The van der Waals surface area contributed by atoms with Crippen molar-refractivity contribution in [2.24, 2.45) is 0 Å². The summed E-state index contributed by atoms with van der Waals surface area (Å²) in [5.74, 6) is 0.0245. The first-order valence-electron chi connectivity index (χ1n) is 7.29. The van der Waals surface area contributed by atoms with Gasteiger partial charge in [0.2, 0.25) is 5.91 Å². The number of carbonyl (C=O) groups is 1. The zero-order valence-corrected chi connectivity index (χ0v) is 13.5. The molecule has 0 bridgehead atoms. The van der Waals surface area contributed by atoms with Gasteiger partial charge < -0.3 is 20.7 Å². The Morgan fingerprint density at radius 3 is 2.86 bits per heavy atom. The van der Waals surface area contributed by atoms with Gasteiger partial charge >= 0.3 is 0 Å². The number of ether oxygens (including phenoxy) is 1. The summed E-state index contributed by atoms with van der Waals surface area (Å²) in [5.41, 5.74) is 8.20. The number of nitrogens with two attached hydrogens (primary N) is 1. The summed E-state index contributed by atoms with van der Waals surface area (Å²) < 4.78 is 5.12. The Hall–Kier alpha value is -1.59. The van der Waals surface area contributed by atoms with Crippen LogP contribution in [0.2, 0.25) is 0 Å². The molecule has 0 aliphatic heterocycles. The lowest BCUT2D eigenvalue weighted by molar-refractivity contribution is -0.116. The minimum atomic E-state index is 0.0245. The standard InChI is InChI=1S/C16H27N3O2/c1-12-7-8-14(17)10-15(12)18-16(20)6-5-9-19(3)13(2)11-21-4/h7-8,10,13H,5-6,9,11,17H2,1-4H3,(H,18,20). The van der Waals surface area contributed by atoms with E-state index in [-0.39, 0.29) is 5.91 Å². The molecule has 0 aliphatic carbocycles. The van der Waals surface area contributed by atoms with Crippen LogP contribution in [-0.2, 0) is 9.53 Å². The van der Waals surface area contributed by atoms with Gasteiger partial charge in [0.05, 0.1) is 6.61 Å². The Labute approximate surface area is 127 Å². The molecule has 0 saturated heterocycles. The number of methoxy groups -OCH3 is 1. The van der Waals surface area contributed by atoms with E-state index in [2.05, 4.69) is 17.1 Å². The molecular weight excluding hydrogens is 266 g/mol. The van der Waals surface area contributed by atoms with E-state index in [0.717, 1.165) is 24.2 Å². The summed E-state index contributed by atoms with van der Waals surface area (Å²) in [6, 6.07) is 5.89. The molecule has 5 heteroatoms. The summed E-state index contributed by atoms with van der Waals surface area (Å²) >= 11 is 0. The average molecular weight is 293 g/mol. The quantitative estimate of drug-likeness (QED) is 0.722. The van der Waals surface area contributed by atoms with E-state index in [1.54, 1.807) is 13.2 Å². The number of amides is 1. The Kier molecular flexibility index (Phi) is 7.19. The summed E-state index contributed by atoms with van der Waals surface area (Å²) in [4.78, 5) is 14.2. The van der Waals surface area contributed by atoms with Crippen molar-refractivity contribution in [2.75, 3.05) is 38.4 Å². The van der Waals surface area contributed by atoms with Gasteiger partial charge in [0, 0.05) is 30.9 Å². The molecule has 21 heavy (non-hydrogen) atoms. The van der Waals surface area contributed by atoms with Crippen molar-refractivity contribution >= 4 is 17.3 Å². The maximum Gasteiger partial charge on any atom is 0.224 e. The molecule has 1 unspecified atom stereocenters. The number of nitrogens with one attached hydrogen (secondary N) is 1. The van der Waals surface area contributed by atoms with Crippen molar-refractivity contribution in [1.82, 2.24) is 4.90 Å². The summed E-state index contributed by atoms with van der Waals surface area (Å²) in [5, 5.41) is 2.92. The highest BCUT2D eigenvalue weighted by Gasteiger charge is 2.10. The molecule has 0 radical (unpaired) electrons. The smallest absolute Gasteiger partial charge is 0.224 e. The van der Waals surface area contributed by atoms with Gasteiger partial charge in [-0.1, -0.05) is 6.07 Å². The SMILES string of the molecule is COCC(C)N(C)CCCC(=O)Nc1cc(N)ccc1C. The fraction of sp³-hybridized carbons (Fsp3) is 0.562. The average Bonchev–Trinajstić information content (AvgIpc) is 2.43. The minimum absolute atomic E-state index is 0.0245. The predicted octanol–water partition coefficient (Wildman–Crippen LogP) is 2.26. The van der Waals surface area contributed by atoms with Crippen LogP contribution >= 0.6 is 0 Å². The van der Waals surface area contributed by atoms with E-state index in [9.17, 15) is 4.79 Å². The third-order valence-electron chi connectivity index (χ3n) is 3.61. The van der Waals surface area contributed by atoms with E-state index in [1.165, 1.54) is 0 Å². The first-order chi connectivity index (χ1) is 9.93. The monoisotopic (exact) mass is 293 g/mol. The largest absolute Gasteiger partial charge is 0.399 e. The second kappa shape index (κ2) is 8.64. The van der Waals surface area contributed by atoms with Crippen LogP contribution in [-0.4, -0.2) is 44.2 Å². The van der Waals surface area contributed by atoms with Gasteiger partial charge in [0.25, 0.3) is 0 Å². The van der Waals surface area contributed by atoms with Crippen LogP contribution in [0.5, 0.6) is 0 Å². The van der Waals surface area contributed by atoms with E-state index in [0.29, 0.717) is 24.8 Å². The van der Waals surface area contributed by atoms with E-state index in [1.807, 2.05) is 26.1 Å². The van der Waals surface area contributed by atoms with Crippen molar-refractivity contribution in [3.8, 4) is 0 Å². The fourth-order valence-corrected chi connectivity index (χ4v) is 2.06. The number of carbonyl (C=O) groups excluding carboxylic acids is 1. The first-order valence-corrected chi connectivity index (χ1v) is 7.29. The molecular formula is C16H27N3O2. The number of anilines is 2. The van der Waals surface area contributed by atoms with Crippen LogP contribution in [0.4, 0.5) is 11.4 Å². The molecule has 3 N–H and O–H groups in total. The molecule has 0 fully saturated rings. The van der Waals surface area contributed by atoms with Gasteiger partial charge in [-0.15, -0.1) is 0 Å². The van der Waals surface area contributed by atoms with E-state index < -0.39 is 0 Å². The maximum atomic E-state index is 12.0. The fourth-order valence-electron chi connectivity index (χ4n) is 2.06. The second-order valence-corrected chi connectivity index (χ2v) is 5.51. The van der Waals surface area contributed by atoms with Crippen LogP contribution in [0.1, 0.15) is 25.3 Å². The Bertz CT molecular complexity index is 463. The predicted molar refractivity (Wildman–Crippen MR) is 87.4 cm³/mol. The Morgan fingerprint density at radius 2 is 2.19 bits per heavy atom. The number of hydrogen-bond donors (Lipinski definition) is 2. The van der Waals surface area contributed by atoms with E-state index in [4.69, 9.17) is 10.5 Å². The van der Waals surface area contributed by atoms with Gasteiger partial charge in [0.15, 0.2) is 0 Å². The highest BCUT2D eigenvalue weighted by atomic mass is 16.5. The molecule has 1 amide bonds. The normalized spacial score (nSPS) is 12.4. The lowest BCUT2D eigenvalue weighted by atomic mass is 10.1. The van der Waals surface area contributed by atoms with Crippen LogP contribution in [0.3, 0.4) is 0 Å². The lowest BCUT2D eigenvalue weighted by Gasteiger charge is -2.23. The summed E-state index contributed by atoms with van der Waals surface area (Å²) in [7, 11) is 3.75. The van der Waals surface area contributed by atoms with Gasteiger partial charge in [-0.2, -0.15) is 0 Å². The van der Waals surface area contributed by atoms with E-state index >= 15 is 0 Å². The topological polar surface area (TPSA) is 67.6 Å². The van der Waals surface area contributed by atoms with Gasteiger partial charge in [-0.25, -0.2) is 0 Å². The van der Waals surface area contributed by atoms with Crippen LogP contribution in [0.25, 0.3) is 0 Å². The zero-order chi connectivity index (χ0) is 15.8. The maximum absolute atomic E-state index is 12.0. The van der Waals surface area contributed by atoms with Gasteiger partial charge in [-0.3, -0.25) is 4.79 Å². The Balaban J connectivity index is 2.36. The molecule has 1 aromatic rings. The summed E-state index contributed by atoms with van der Waals surface area (Å²) in [6.45, 7) is 5.63. The lowest BCUT2D eigenvalue weighted by Crippen LogP contribution is -2.33. The van der Waals surface area contributed by atoms with Crippen molar-refractivity contribution in [3.05, 3.63) is 23.8 Å². The highest BCUT2D eigenvalue weighted by molar-refractivity contribution is 5.91. The van der Waals surface area contributed by atoms with Gasteiger partial charge in [0.1, 0.15) is 0 Å². The zero-order valence-electron chi connectivity index (χ0n) is 13.5. The third-order valence-corrected chi connectivity index (χ3v) is 3.61. The van der Waals surface area contributed by atoms with Crippen LogP contribution < -0.4 is 11.1 Å². The van der Waals surface area contributed by atoms with Crippen molar-refractivity contribution in [3.63, 3.8) is 0 Å². The molecule has 0 aromatic heterocycles. The highest BCUT2D eigenvalue weighted by Crippen LogP contribution is 2.18. The molecule has 1 rings (SSSR count). The number of likely N-dealkylation sites (N-methyl/N-ethyl adjacent to an activating group) is 1. The molecule has 1 aromatic carbocycles. The first kappa shape index (κ1) is 17.5. The van der Waals surface area contributed by atoms with Crippen molar-refractivity contribution in [2.45, 2.75) is 32.7 Å². The number of hydrogen-bond acceptors (Lipinski definition) is 4. The second-order valence-electron chi connectivity index (χ2n) is 5.51. The molecule has 0 spiro atoms.